The molecule has 0 atom stereocenters. The van der Waals surface area contributed by atoms with Crippen molar-refractivity contribution in [3.05, 3.63) is 176 Å². The van der Waals surface area contributed by atoms with Crippen molar-refractivity contribution in [2.45, 2.75) is 0 Å². The van der Waals surface area contributed by atoms with Crippen LogP contribution in [0.1, 0.15) is 0 Å². The Bertz CT molecular complexity index is 3550. The van der Waals surface area contributed by atoms with Crippen molar-refractivity contribution in [2.75, 3.05) is 0 Å². The van der Waals surface area contributed by atoms with E-state index in [0.29, 0.717) is 17.5 Å². The van der Waals surface area contributed by atoms with Gasteiger partial charge < -0.3 is 8.83 Å². The number of rotatable bonds is 4. The molecule has 0 saturated heterocycles. The van der Waals surface area contributed by atoms with Gasteiger partial charge in [-0.2, -0.15) is 0 Å². The van der Waals surface area contributed by atoms with Gasteiger partial charge in [-0.05, 0) is 85.9 Å². The molecule has 0 radical (unpaired) electrons. The smallest absolute Gasteiger partial charge is 0.164 e. The Hall–Kier alpha value is -7.63. The molecule has 0 fully saturated rings. The number of furan rings is 2. The summed E-state index contributed by atoms with van der Waals surface area (Å²) in [5.74, 6) is 1.80. The molecule has 0 aliphatic rings. The Labute approximate surface area is 320 Å². The molecule has 0 N–H and O–H groups in total. The van der Waals surface area contributed by atoms with E-state index < -0.39 is 0 Å². The largest absolute Gasteiger partial charge is 0.456 e. The molecule has 260 valence electrons. The summed E-state index contributed by atoms with van der Waals surface area (Å²) in [6, 6.07) is 61.0. The number of hydrogen-bond acceptors (Lipinski definition) is 5. The fourth-order valence-electron chi connectivity index (χ4n) is 8.52. The van der Waals surface area contributed by atoms with Gasteiger partial charge in [0.15, 0.2) is 17.5 Å². The maximum Gasteiger partial charge on any atom is 0.164 e. The minimum Gasteiger partial charge on any atom is -0.456 e. The van der Waals surface area contributed by atoms with Gasteiger partial charge in [-0.3, -0.25) is 0 Å². The van der Waals surface area contributed by atoms with Crippen molar-refractivity contribution in [2.24, 2.45) is 0 Å². The molecule has 0 saturated carbocycles. The molecule has 0 amide bonds. The van der Waals surface area contributed by atoms with Crippen LogP contribution in [0.3, 0.4) is 0 Å². The lowest BCUT2D eigenvalue weighted by molar-refractivity contribution is 0.668. The van der Waals surface area contributed by atoms with Crippen molar-refractivity contribution < 1.29 is 8.83 Å². The Morgan fingerprint density at radius 1 is 0.286 bits per heavy atom. The van der Waals surface area contributed by atoms with Gasteiger partial charge in [-0.25, -0.2) is 15.0 Å². The first-order valence-corrected chi connectivity index (χ1v) is 18.8. The molecule has 9 aromatic carbocycles. The second kappa shape index (κ2) is 11.9. The lowest BCUT2D eigenvalue weighted by Gasteiger charge is -2.12. The Morgan fingerprint density at radius 2 is 0.839 bits per heavy atom. The Morgan fingerprint density at radius 3 is 1.66 bits per heavy atom. The van der Waals surface area contributed by atoms with Gasteiger partial charge in [0, 0.05) is 38.2 Å². The van der Waals surface area contributed by atoms with Gasteiger partial charge in [0.2, 0.25) is 0 Å². The van der Waals surface area contributed by atoms with Crippen molar-refractivity contribution >= 4 is 76.2 Å². The van der Waals surface area contributed by atoms with E-state index in [1.165, 1.54) is 26.9 Å². The first-order valence-electron chi connectivity index (χ1n) is 18.8. The van der Waals surface area contributed by atoms with Crippen molar-refractivity contribution in [1.82, 2.24) is 15.0 Å². The number of nitrogens with zero attached hydrogens (tertiary/aromatic N) is 3. The molecule has 3 heterocycles. The van der Waals surface area contributed by atoms with E-state index in [9.17, 15) is 0 Å². The average molecular weight is 716 g/mol. The number of benzene rings is 9. The molecule has 0 unspecified atom stereocenters. The van der Waals surface area contributed by atoms with Crippen LogP contribution in [0, 0.1) is 0 Å². The van der Waals surface area contributed by atoms with Gasteiger partial charge >= 0.3 is 0 Å². The summed E-state index contributed by atoms with van der Waals surface area (Å²) in [5, 5.41) is 11.4. The first-order chi connectivity index (χ1) is 27.7. The maximum absolute atomic E-state index is 6.29. The van der Waals surface area contributed by atoms with Crippen LogP contribution in [0.25, 0.3) is 121 Å². The van der Waals surface area contributed by atoms with Crippen molar-refractivity contribution in [3.8, 4) is 45.3 Å². The zero-order valence-electron chi connectivity index (χ0n) is 29.9. The number of fused-ring (bicyclic) bond motifs is 12. The topological polar surface area (TPSA) is 65.0 Å². The van der Waals surface area contributed by atoms with E-state index in [2.05, 4.69) is 127 Å². The third-order valence-electron chi connectivity index (χ3n) is 11.1. The van der Waals surface area contributed by atoms with Gasteiger partial charge in [-0.15, -0.1) is 0 Å². The highest BCUT2D eigenvalue weighted by molar-refractivity contribution is 6.28. The second-order valence-electron chi connectivity index (χ2n) is 14.3. The summed E-state index contributed by atoms with van der Waals surface area (Å²) in [4.78, 5) is 15.6. The maximum atomic E-state index is 6.29. The molecule has 0 aliphatic heterocycles. The summed E-state index contributed by atoms with van der Waals surface area (Å²) in [6.07, 6.45) is 0. The molecule has 12 aromatic rings. The van der Waals surface area contributed by atoms with Crippen molar-refractivity contribution in [1.29, 1.82) is 0 Å². The van der Waals surface area contributed by atoms with E-state index in [1.807, 2.05) is 48.5 Å². The van der Waals surface area contributed by atoms with E-state index >= 15 is 0 Å². The Kier molecular flexibility index (Phi) is 6.56. The molecule has 3 aromatic heterocycles. The van der Waals surface area contributed by atoms with Gasteiger partial charge in [0.25, 0.3) is 0 Å². The molecule has 0 spiro atoms. The number of aromatic nitrogens is 3. The second-order valence-corrected chi connectivity index (χ2v) is 14.3. The van der Waals surface area contributed by atoms with Crippen LogP contribution in [0.5, 0.6) is 0 Å². The lowest BCUT2D eigenvalue weighted by Crippen LogP contribution is -2.00. The minimum atomic E-state index is 0.591. The molecular formula is C51H29N3O2. The fourth-order valence-corrected chi connectivity index (χ4v) is 8.52. The number of para-hydroxylation sites is 2. The predicted octanol–water partition coefficient (Wildman–Crippen LogP) is 13.8. The van der Waals surface area contributed by atoms with Crippen LogP contribution >= 0.6 is 0 Å². The average Bonchev–Trinajstić information content (AvgIpc) is 3.85. The van der Waals surface area contributed by atoms with Gasteiger partial charge in [0.05, 0.1) is 0 Å². The molecule has 12 rings (SSSR count). The standard InChI is InChI=1S/C51H29N3O2/c1-2-10-30(11-3-1)32-12-8-13-34(28-32)49-52-50(54-51(53-49)41-16-9-19-44-48(41)40-15-5-7-18-43(40)55-44)35-23-24-36-33(29-35)21-20-31-22-25-38-37(46(31)36)26-27-45-47(38)39-14-4-6-17-42(39)56-45/h1-29H. The van der Waals surface area contributed by atoms with Gasteiger partial charge in [0.1, 0.15) is 22.3 Å². The van der Waals surface area contributed by atoms with Crippen molar-refractivity contribution in [3.63, 3.8) is 0 Å². The minimum absolute atomic E-state index is 0.591. The molecular weight excluding hydrogens is 687 g/mol. The van der Waals surface area contributed by atoms with Crippen LogP contribution in [0.4, 0.5) is 0 Å². The molecule has 5 heteroatoms. The highest BCUT2D eigenvalue weighted by atomic mass is 16.3. The highest BCUT2D eigenvalue weighted by Gasteiger charge is 2.19. The molecule has 56 heavy (non-hydrogen) atoms. The van der Waals surface area contributed by atoms with E-state index in [-0.39, 0.29) is 0 Å². The van der Waals surface area contributed by atoms with Crippen LogP contribution in [0.15, 0.2) is 185 Å². The summed E-state index contributed by atoms with van der Waals surface area (Å²) >= 11 is 0. The van der Waals surface area contributed by atoms with Crippen LogP contribution in [-0.4, -0.2) is 15.0 Å². The molecule has 5 nitrogen and oxygen atoms in total. The van der Waals surface area contributed by atoms with E-state index in [0.717, 1.165) is 77.1 Å². The molecule has 0 aliphatic carbocycles. The van der Waals surface area contributed by atoms with Crippen LogP contribution in [-0.2, 0) is 0 Å². The SMILES string of the molecule is c1ccc(-c2cccc(-c3nc(-c4ccc5c(ccc6ccc7c(ccc8oc9ccccc9c87)c65)c4)nc(-c4cccc5oc6ccccc6c45)n3)c2)cc1. The summed E-state index contributed by atoms with van der Waals surface area (Å²) in [7, 11) is 0. The third-order valence-corrected chi connectivity index (χ3v) is 11.1. The number of hydrogen-bond donors (Lipinski definition) is 0. The summed E-state index contributed by atoms with van der Waals surface area (Å²) < 4.78 is 12.5. The van der Waals surface area contributed by atoms with Gasteiger partial charge in [-0.1, -0.05) is 133 Å². The van der Waals surface area contributed by atoms with E-state index in [1.54, 1.807) is 0 Å². The predicted molar refractivity (Wildman–Crippen MR) is 229 cm³/mol. The van der Waals surface area contributed by atoms with Crippen LogP contribution < -0.4 is 0 Å². The quantitative estimate of drug-likeness (QED) is 0.170. The zero-order valence-corrected chi connectivity index (χ0v) is 29.9. The summed E-state index contributed by atoms with van der Waals surface area (Å²) in [5.41, 5.74) is 8.38. The first kappa shape index (κ1) is 30.8. The third kappa shape index (κ3) is 4.71. The van der Waals surface area contributed by atoms with Crippen LogP contribution in [0.2, 0.25) is 0 Å². The summed E-state index contributed by atoms with van der Waals surface area (Å²) in [6.45, 7) is 0. The Balaban J connectivity index is 1.08. The normalized spacial score (nSPS) is 11.9. The zero-order chi connectivity index (χ0) is 36.7. The highest BCUT2D eigenvalue weighted by Crippen LogP contribution is 2.41. The fraction of sp³-hybridized carbons (Fsp3) is 0. The molecule has 0 bridgehead atoms. The van der Waals surface area contributed by atoms with E-state index in [4.69, 9.17) is 23.8 Å². The lowest BCUT2D eigenvalue weighted by atomic mass is 9.93. The monoisotopic (exact) mass is 715 g/mol.